The number of aliphatic hydroxyl groups excluding tert-OH is 2. The molecule has 12 heteroatoms. The molecular formula is C19H28N6O5S. The van der Waals surface area contributed by atoms with Crippen molar-refractivity contribution in [2.75, 3.05) is 31.7 Å². The minimum atomic E-state index is -1.18. The molecule has 0 saturated carbocycles. The van der Waals surface area contributed by atoms with Gasteiger partial charge >= 0.3 is 0 Å². The molecule has 0 aromatic carbocycles. The Kier molecular flexibility index (Phi) is 7.13. The Balaban J connectivity index is 1.43. The van der Waals surface area contributed by atoms with Crippen LogP contribution >= 0.6 is 12.2 Å². The van der Waals surface area contributed by atoms with Crippen LogP contribution in [0.3, 0.4) is 0 Å². The smallest absolute Gasteiger partial charge is 0.256 e. The first-order valence-electron chi connectivity index (χ1n) is 10.5. The summed E-state index contributed by atoms with van der Waals surface area (Å²) in [6.07, 6.45) is 1.92. The van der Waals surface area contributed by atoms with Crippen LogP contribution in [0.15, 0.2) is 12.7 Å². The van der Waals surface area contributed by atoms with Crippen molar-refractivity contribution in [1.29, 1.82) is 0 Å². The van der Waals surface area contributed by atoms with Crippen LogP contribution in [0.4, 0.5) is 5.82 Å². The molecular weight excluding hydrogens is 424 g/mol. The number of nitrogens with one attached hydrogen (secondary N) is 2. The number of aliphatic hydroxyl groups is 2. The Bertz CT molecular complexity index is 892. The van der Waals surface area contributed by atoms with Crippen LogP contribution in [0, 0.1) is 0 Å². The van der Waals surface area contributed by atoms with E-state index < -0.39 is 24.5 Å². The van der Waals surface area contributed by atoms with Gasteiger partial charge in [-0.3, -0.25) is 4.57 Å². The van der Waals surface area contributed by atoms with Crippen molar-refractivity contribution in [3.05, 3.63) is 12.7 Å². The van der Waals surface area contributed by atoms with E-state index in [1.165, 1.54) is 12.7 Å². The second-order valence-electron chi connectivity index (χ2n) is 7.68. The Morgan fingerprint density at radius 2 is 2.19 bits per heavy atom. The summed E-state index contributed by atoms with van der Waals surface area (Å²) in [6.45, 7) is 4.14. The third-order valence-corrected chi connectivity index (χ3v) is 5.68. The first-order chi connectivity index (χ1) is 15.1. The Morgan fingerprint density at radius 3 is 2.97 bits per heavy atom. The van der Waals surface area contributed by atoms with Gasteiger partial charge in [0.1, 0.15) is 31.2 Å². The van der Waals surface area contributed by atoms with Gasteiger partial charge in [-0.2, -0.15) is 0 Å². The van der Waals surface area contributed by atoms with Crippen LogP contribution in [0.1, 0.15) is 32.4 Å². The summed E-state index contributed by atoms with van der Waals surface area (Å²) in [5, 5.41) is 27.6. The van der Waals surface area contributed by atoms with Gasteiger partial charge < -0.3 is 35.1 Å². The SMILES string of the molecule is CCCCNC(=S)OC[C@H]1O[C@@H](n2cnc3c(N[C@@H]4CCOC4)ncnc32)[C@H](O)[C@@H]1O. The van der Waals surface area contributed by atoms with Crippen molar-refractivity contribution in [2.24, 2.45) is 0 Å². The lowest BCUT2D eigenvalue weighted by Gasteiger charge is -2.17. The van der Waals surface area contributed by atoms with E-state index in [-0.39, 0.29) is 17.8 Å². The first-order valence-corrected chi connectivity index (χ1v) is 10.9. The van der Waals surface area contributed by atoms with Gasteiger partial charge in [0.05, 0.1) is 19.0 Å². The van der Waals surface area contributed by atoms with Crippen molar-refractivity contribution >= 4 is 34.4 Å². The topological polar surface area (TPSA) is 136 Å². The van der Waals surface area contributed by atoms with E-state index in [2.05, 4.69) is 32.5 Å². The van der Waals surface area contributed by atoms with Gasteiger partial charge in [0.15, 0.2) is 23.2 Å². The highest BCUT2D eigenvalue weighted by atomic mass is 32.1. The molecule has 0 spiro atoms. The van der Waals surface area contributed by atoms with Crippen molar-refractivity contribution in [3.63, 3.8) is 0 Å². The number of thiocarbonyl (C=S) groups is 1. The molecule has 11 nitrogen and oxygen atoms in total. The number of imidazole rings is 1. The summed E-state index contributed by atoms with van der Waals surface area (Å²) in [5.74, 6) is 0.593. The lowest BCUT2D eigenvalue weighted by Crippen LogP contribution is -2.36. The molecule has 2 fully saturated rings. The summed E-state index contributed by atoms with van der Waals surface area (Å²) >= 11 is 5.13. The summed E-state index contributed by atoms with van der Waals surface area (Å²) in [5.41, 5.74) is 1.05. The number of aromatic nitrogens is 4. The fraction of sp³-hybridized carbons (Fsp3) is 0.684. The standard InChI is InChI=1S/C19H28N6O5S/c1-2-3-5-20-19(31)29-8-12-14(26)15(27)18(30-12)25-10-23-13-16(21-9-22-17(13)25)24-11-4-6-28-7-11/h9-12,14-15,18,26-27H,2-8H2,1H3,(H,20,31)(H,21,22,24)/t11-,12-,14-,15-,18-/m1/s1. The third kappa shape index (κ3) is 4.88. The summed E-state index contributed by atoms with van der Waals surface area (Å²) in [6, 6.07) is 0.162. The summed E-state index contributed by atoms with van der Waals surface area (Å²) < 4.78 is 18.4. The van der Waals surface area contributed by atoms with Gasteiger partial charge in [-0.25, -0.2) is 15.0 Å². The molecule has 170 valence electrons. The summed E-state index contributed by atoms with van der Waals surface area (Å²) in [7, 11) is 0. The first kappa shape index (κ1) is 22.1. The van der Waals surface area contributed by atoms with Crippen LogP contribution in [0.25, 0.3) is 11.2 Å². The monoisotopic (exact) mass is 452 g/mol. The van der Waals surface area contributed by atoms with Gasteiger partial charge in [-0.05, 0) is 25.1 Å². The lowest BCUT2D eigenvalue weighted by atomic mass is 10.1. The zero-order chi connectivity index (χ0) is 21.8. The van der Waals surface area contributed by atoms with E-state index in [0.717, 1.165) is 25.8 Å². The average Bonchev–Trinajstić information content (AvgIpc) is 3.49. The normalized spacial score (nSPS) is 28.2. The molecule has 31 heavy (non-hydrogen) atoms. The molecule has 5 atom stereocenters. The van der Waals surface area contributed by atoms with E-state index >= 15 is 0 Å². The van der Waals surface area contributed by atoms with Gasteiger partial charge in [0.25, 0.3) is 5.17 Å². The number of ether oxygens (including phenoxy) is 3. The number of unbranched alkanes of at least 4 members (excludes halogenated alkanes) is 1. The molecule has 0 amide bonds. The van der Waals surface area contributed by atoms with Crippen LogP contribution in [-0.2, 0) is 14.2 Å². The van der Waals surface area contributed by atoms with Crippen LogP contribution in [0.2, 0.25) is 0 Å². The maximum atomic E-state index is 10.6. The zero-order valence-corrected chi connectivity index (χ0v) is 18.1. The van der Waals surface area contributed by atoms with Crippen molar-refractivity contribution < 1.29 is 24.4 Å². The minimum Gasteiger partial charge on any atom is -0.468 e. The number of nitrogens with zero attached hydrogens (tertiary/aromatic N) is 4. The van der Waals surface area contributed by atoms with E-state index in [4.69, 9.17) is 26.4 Å². The number of anilines is 1. The molecule has 0 aliphatic carbocycles. The Labute approximate surface area is 185 Å². The molecule has 4 heterocycles. The molecule has 4 N–H and O–H groups in total. The molecule has 2 saturated heterocycles. The number of hydrogen-bond donors (Lipinski definition) is 4. The molecule has 0 unspecified atom stereocenters. The van der Waals surface area contributed by atoms with E-state index in [0.29, 0.717) is 30.2 Å². The minimum absolute atomic E-state index is 0.0167. The van der Waals surface area contributed by atoms with E-state index in [1.54, 1.807) is 4.57 Å². The molecule has 2 aromatic rings. The van der Waals surface area contributed by atoms with Gasteiger partial charge in [0, 0.05) is 13.2 Å². The van der Waals surface area contributed by atoms with Crippen LogP contribution < -0.4 is 10.6 Å². The molecule has 2 aromatic heterocycles. The fourth-order valence-corrected chi connectivity index (χ4v) is 3.83. The fourth-order valence-electron chi connectivity index (χ4n) is 3.66. The largest absolute Gasteiger partial charge is 0.468 e. The quantitative estimate of drug-likeness (QED) is 0.326. The van der Waals surface area contributed by atoms with E-state index in [1.807, 2.05) is 0 Å². The van der Waals surface area contributed by atoms with E-state index in [9.17, 15) is 10.2 Å². The predicted molar refractivity (Wildman–Crippen MR) is 116 cm³/mol. The van der Waals surface area contributed by atoms with Crippen LogP contribution in [0.5, 0.6) is 0 Å². The molecule has 2 aliphatic heterocycles. The zero-order valence-electron chi connectivity index (χ0n) is 17.3. The Morgan fingerprint density at radius 1 is 1.32 bits per heavy atom. The Hall–Kier alpha value is -2.12. The van der Waals surface area contributed by atoms with Crippen LogP contribution in [-0.4, -0.2) is 85.6 Å². The highest BCUT2D eigenvalue weighted by Crippen LogP contribution is 2.32. The molecule has 4 rings (SSSR count). The molecule has 0 bridgehead atoms. The number of rotatable bonds is 8. The van der Waals surface area contributed by atoms with Gasteiger partial charge in [-0.1, -0.05) is 13.3 Å². The number of hydrogen-bond acceptors (Lipinski definition) is 10. The second kappa shape index (κ2) is 10.0. The second-order valence-corrected chi connectivity index (χ2v) is 8.05. The van der Waals surface area contributed by atoms with Gasteiger partial charge in [0.2, 0.25) is 0 Å². The predicted octanol–water partition coefficient (Wildman–Crippen LogP) is 0.338. The van der Waals surface area contributed by atoms with Crippen molar-refractivity contribution in [2.45, 2.75) is 56.8 Å². The highest BCUT2D eigenvalue weighted by Gasteiger charge is 2.44. The van der Waals surface area contributed by atoms with Crippen molar-refractivity contribution in [3.8, 4) is 0 Å². The number of fused-ring (bicyclic) bond motifs is 1. The molecule has 2 aliphatic rings. The lowest BCUT2D eigenvalue weighted by molar-refractivity contribution is -0.0491. The summed E-state index contributed by atoms with van der Waals surface area (Å²) in [4.78, 5) is 13.0. The van der Waals surface area contributed by atoms with Gasteiger partial charge in [-0.15, -0.1) is 0 Å². The average molecular weight is 453 g/mol. The maximum Gasteiger partial charge on any atom is 0.256 e. The highest BCUT2D eigenvalue weighted by molar-refractivity contribution is 7.80. The maximum absolute atomic E-state index is 10.6. The molecule has 0 radical (unpaired) electrons. The third-order valence-electron chi connectivity index (χ3n) is 5.42. The van der Waals surface area contributed by atoms with Crippen molar-refractivity contribution in [1.82, 2.24) is 24.8 Å².